The van der Waals surface area contributed by atoms with Crippen molar-refractivity contribution < 1.29 is 9.84 Å². The van der Waals surface area contributed by atoms with Crippen LogP contribution in [0, 0.1) is 0 Å². The number of hydrogen-bond donors (Lipinski definition) is 2. The van der Waals surface area contributed by atoms with E-state index in [9.17, 15) is 5.11 Å². The molecule has 1 atom stereocenters. The number of methoxy groups -OCH3 is 1. The lowest BCUT2D eigenvalue weighted by Gasteiger charge is -2.15. The Morgan fingerprint density at radius 2 is 2.20 bits per heavy atom. The third-order valence-electron chi connectivity index (χ3n) is 2.29. The number of phenols is 1. The number of nitrogens with two attached hydrogens (primary N) is 1. The molecule has 0 aliphatic rings. The maximum Gasteiger partial charge on any atom is 0.162 e. The Morgan fingerprint density at radius 3 is 2.73 bits per heavy atom. The molecule has 0 radical (unpaired) electrons. The number of benzene rings is 1. The summed E-state index contributed by atoms with van der Waals surface area (Å²) in [5.41, 5.74) is 6.56. The maximum absolute atomic E-state index is 9.85. The second-order valence-electron chi connectivity index (χ2n) is 3.44. The Bertz CT molecular complexity index is 342. The molecule has 1 rings (SSSR count). The Morgan fingerprint density at radius 1 is 1.53 bits per heavy atom. The highest BCUT2D eigenvalue weighted by atomic mass is 35.5. The van der Waals surface area contributed by atoms with Crippen LogP contribution in [0.2, 0.25) is 5.02 Å². The number of halogens is 1. The van der Waals surface area contributed by atoms with Crippen molar-refractivity contribution >= 4 is 11.6 Å². The Balaban J connectivity index is 3.11. The predicted molar refractivity (Wildman–Crippen MR) is 61.5 cm³/mol. The van der Waals surface area contributed by atoms with Gasteiger partial charge in [0.25, 0.3) is 0 Å². The van der Waals surface area contributed by atoms with Gasteiger partial charge in [0.1, 0.15) is 0 Å². The van der Waals surface area contributed by atoms with E-state index in [0.29, 0.717) is 16.3 Å². The summed E-state index contributed by atoms with van der Waals surface area (Å²) in [6.45, 7) is 2.04. The van der Waals surface area contributed by atoms with E-state index in [1.807, 2.05) is 6.92 Å². The summed E-state index contributed by atoms with van der Waals surface area (Å²) in [4.78, 5) is 0. The van der Waals surface area contributed by atoms with E-state index in [-0.39, 0.29) is 11.8 Å². The summed E-state index contributed by atoms with van der Waals surface area (Å²) in [5, 5.41) is 10.4. The van der Waals surface area contributed by atoms with E-state index in [2.05, 4.69) is 0 Å². The molecule has 84 valence electrons. The fraction of sp³-hybridized carbons (Fsp3) is 0.455. The van der Waals surface area contributed by atoms with Crippen molar-refractivity contribution in [2.24, 2.45) is 5.73 Å². The third-order valence-corrected chi connectivity index (χ3v) is 2.51. The monoisotopic (exact) mass is 229 g/mol. The zero-order valence-electron chi connectivity index (χ0n) is 8.96. The average molecular weight is 230 g/mol. The van der Waals surface area contributed by atoms with Gasteiger partial charge in [-0.15, -0.1) is 0 Å². The number of phenolic OH excluding ortho intramolecular Hbond substituents is 1. The molecule has 4 heteroatoms. The summed E-state index contributed by atoms with van der Waals surface area (Å²) >= 11 is 5.90. The average Bonchev–Trinajstić information content (AvgIpc) is 2.21. The third kappa shape index (κ3) is 2.76. The molecular formula is C11H16ClNO2. The second-order valence-corrected chi connectivity index (χ2v) is 3.88. The van der Waals surface area contributed by atoms with Crippen molar-refractivity contribution in [3.05, 3.63) is 22.7 Å². The van der Waals surface area contributed by atoms with Crippen LogP contribution in [-0.4, -0.2) is 12.2 Å². The Kier molecular flexibility index (Phi) is 4.24. The van der Waals surface area contributed by atoms with Crippen LogP contribution in [0.3, 0.4) is 0 Å². The van der Waals surface area contributed by atoms with Crippen LogP contribution in [-0.2, 0) is 0 Å². The Labute approximate surface area is 94.8 Å². The number of aromatic hydroxyl groups is 1. The van der Waals surface area contributed by atoms with Gasteiger partial charge in [0.2, 0.25) is 0 Å². The first-order valence-electron chi connectivity index (χ1n) is 4.92. The minimum absolute atomic E-state index is 0.0860. The van der Waals surface area contributed by atoms with Crippen molar-refractivity contribution in [1.82, 2.24) is 0 Å². The molecule has 0 heterocycles. The van der Waals surface area contributed by atoms with Crippen molar-refractivity contribution in [3.63, 3.8) is 0 Å². The van der Waals surface area contributed by atoms with Gasteiger partial charge < -0.3 is 15.6 Å². The quantitative estimate of drug-likeness (QED) is 0.835. The van der Waals surface area contributed by atoms with Crippen LogP contribution < -0.4 is 10.5 Å². The highest BCUT2D eigenvalue weighted by Crippen LogP contribution is 2.37. The van der Waals surface area contributed by atoms with E-state index >= 15 is 0 Å². The molecule has 0 spiro atoms. The topological polar surface area (TPSA) is 55.5 Å². The lowest BCUT2D eigenvalue weighted by atomic mass is 10.0. The normalized spacial score (nSPS) is 12.5. The summed E-state index contributed by atoms with van der Waals surface area (Å²) in [5.74, 6) is 0.451. The lowest BCUT2D eigenvalue weighted by molar-refractivity contribution is 0.368. The number of rotatable bonds is 4. The van der Waals surface area contributed by atoms with Crippen LogP contribution in [0.1, 0.15) is 31.4 Å². The van der Waals surface area contributed by atoms with Crippen molar-refractivity contribution in [2.45, 2.75) is 25.8 Å². The molecule has 3 nitrogen and oxygen atoms in total. The van der Waals surface area contributed by atoms with Crippen LogP contribution >= 0.6 is 11.6 Å². The van der Waals surface area contributed by atoms with Crippen molar-refractivity contribution in [3.8, 4) is 11.5 Å². The summed E-state index contributed by atoms with van der Waals surface area (Å²) in [7, 11) is 1.49. The first-order valence-corrected chi connectivity index (χ1v) is 5.29. The van der Waals surface area contributed by atoms with Gasteiger partial charge in [0.05, 0.1) is 7.11 Å². The smallest absolute Gasteiger partial charge is 0.162 e. The molecule has 1 aromatic rings. The van der Waals surface area contributed by atoms with E-state index < -0.39 is 0 Å². The molecule has 1 unspecified atom stereocenters. The molecule has 0 amide bonds. The molecule has 3 N–H and O–H groups in total. The minimum atomic E-state index is -0.206. The van der Waals surface area contributed by atoms with Crippen molar-refractivity contribution in [1.29, 1.82) is 0 Å². The standard InChI is InChI=1S/C11H16ClNO2/c1-3-4-9(13)8-5-7(12)6-10(15-2)11(8)14/h5-6,9,14H,3-4,13H2,1-2H3. The van der Waals surface area contributed by atoms with E-state index in [0.717, 1.165) is 12.8 Å². The number of ether oxygens (including phenoxy) is 1. The Hall–Kier alpha value is -0.930. The first kappa shape index (κ1) is 12.1. The van der Waals surface area contributed by atoms with Gasteiger partial charge in [0.15, 0.2) is 11.5 Å². The van der Waals surface area contributed by atoms with Gasteiger partial charge in [-0.05, 0) is 12.5 Å². The second kappa shape index (κ2) is 5.24. The predicted octanol–water partition coefficient (Wildman–Crippen LogP) is 2.85. The van der Waals surface area contributed by atoms with Gasteiger partial charge in [-0.25, -0.2) is 0 Å². The summed E-state index contributed by atoms with van der Waals surface area (Å²) in [6.07, 6.45) is 1.76. The van der Waals surface area contributed by atoms with Crippen LogP contribution in [0.25, 0.3) is 0 Å². The van der Waals surface area contributed by atoms with Gasteiger partial charge in [0, 0.05) is 22.7 Å². The SMILES string of the molecule is CCCC(N)c1cc(Cl)cc(OC)c1O. The molecule has 0 aliphatic carbocycles. The lowest BCUT2D eigenvalue weighted by Crippen LogP contribution is -2.10. The van der Waals surface area contributed by atoms with Crippen LogP contribution in [0.5, 0.6) is 11.5 Å². The molecule has 15 heavy (non-hydrogen) atoms. The summed E-state index contributed by atoms with van der Waals surface area (Å²) in [6, 6.07) is 3.04. The number of hydrogen-bond acceptors (Lipinski definition) is 3. The fourth-order valence-electron chi connectivity index (χ4n) is 1.50. The highest BCUT2D eigenvalue weighted by molar-refractivity contribution is 6.30. The zero-order valence-corrected chi connectivity index (χ0v) is 9.71. The molecule has 0 bridgehead atoms. The molecule has 0 saturated heterocycles. The summed E-state index contributed by atoms with van der Waals surface area (Å²) < 4.78 is 5.00. The van der Waals surface area contributed by atoms with Gasteiger partial charge in [-0.2, -0.15) is 0 Å². The van der Waals surface area contributed by atoms with E-state index in [1.54, 1.807) is 12.1 Å². The first-order chi connectivity index (χ1) is 7.10. The van der Waals surface area contributed by atoms with Crippen LogP contribution in [0.15, 0.2) is 12.1 Å². The van der Waals surface area contributed by atoms with E-state index in [4.69, 9.17) is 22.1 Å². The fourth-order valence-corrected chi connectivity index (χ4v) is 1.72. The maximum atomic E-state index is 9.85. The van der Waals surface area contributed by atoms with E-state index in [1.165, 1.54) is 7.11 Å². The molecule has 0 aromatic heterocycles. The molecular weight excluding hydrogens is 214 g/mol. The largest absolute Gasteiger partial charge is 0.504 e. The zero-order chi connectivity index (χ0) is 11.4. The molecule has 1 aromatic carbocycles. The minimum Gasteiger partial charge on any atom is -0.504 e. The van der Waals surface area contributed by atoms with Gasteiger partial charge in [-0.3, -0.25) is 0 Å². The van der Waals surface area contributed by atoms with Gasteiger partial charge >= 0.3 is 0 Å². The highest BCUT2D eigenvalue weighted by Gasteiger charge is 2.15. The molecule has 0 aliphatic heterocycles. The molecule has 0 saturated carbocycles. The van der Waals surface area contributed by atoms with Crippen molar-refractivity contribution in [2.75, 3.05) is 7.11 Å². The van der Waals surface area contributed by atoms with Crippen LogP contribution in [0.4, 0.5) is 0 Å². The van der Waals surface area contributed by atoms with Gasteiger partial charge in [-0.1, -0.05) is 24.9 Å². The molecule has 0 fully saturated rings.